The summed E-state index contributed by atoms with van der Waals surface area (Å²) >= 11 is 0. The van der Waals surface area contributed by atoms with Gasteiger partial charge in [-0.25, -0.2) is 0 Å². The number of rotatable bonds is 2. The Labute approximate surface area is 98.6 Å². The number of aromatic nitrogens is 2. The lowest BCUT2D eigenvalue weighted by molar-refractivity contribution is -0.150. The minimum Gasteiger partial charge on any atom is -0.481 e. The molecule has 0 aromatic carbocycles. The van der Waals surface area contributed by atoms with Crippen LogP contribution in [-0.4, -0.2) is 45.2 Å². The predicted molar refractivity (Wildman–Crippen MR) is 59.5 cm³/mol. The lowest BCUT2D eigenvalue weighted by atomic mass is 9.80. The van der Waals surface area contributed by atoms with Crippen LogP contribution in [0.15, 0.2) is 12.3 Å². The molecule has 1 fully saturated rings. The topological polar surface area (TPSA) is 86.3 Å². The van der Waals surface area contributed by atoms with E-state index < -0.39 is 11.4 Å². The molecule has 0 aliphatic carbocycles. The van der Waals surface area contributed by atoms with Gasteiger partial charge in [0.15, 0.2) is 0 Å². The van der Waals surface area contributed by atoms with E-state index in [1.807, 2.05) is 0 Å². The van der Waals surface area contributed by atoms with Crippen molar-refractivity contribution in [2.24, 2.45) is 5.41 Å². The highest BCUT2D eigenvalue weighted by atomic mass is 16.4. The van der Waals surface area contributed by atoms with Gasteiger partial charge in [0.2, 0.25) is 0 Å². The van der Waals surface area contributed by atoms with Crippen molar-refractivity contribution in [2.75, 3.05) is 13.1 Å². The van der Waals surface area contributed by atoms with Crippen molar-refractivity contribution in [3.63, 3.8) is 0 Å². The van der Waals surface area contributed by atoms with Gasteiger partial charge in [-0.05, 0) is 25.8 Å². The van der Waals surface area contributed by atoms with E-state index in [1.165, 1.54) is 6.20 Å². The van der Waals surface area contributed by atoms with Crippen molar-refractivity contribution < 1.29 is 14.7 Å². The first kappa shape index (κ1) is 11.6. The molecule has 1 aromatic heterocycles. The minimum absolute atomic E-state index is 0.116. The van der Waals surface area contributed by atoms with Gasteiger partial charge in [-0.2, -0.15) is 5.10 Å². The number of H-pyrrole nitrogens is 1. The highest BCUT2D eigenvalue weighted by Gasteiger charge is 2.38. The number of nitrogens with zero attached hydrogens (tertiary/aromatic N) is 2. The van der Waals surface area contributed by atoms with Gasteiger partial charge >= 0.3 is 5.97 Å². The van der Waals surface area contributed by atoms with Crippen LogP contribution in [0.4, 0.5) is 0 Å². The molecule has 6 heteroatoms. The average molecular weight is 237 g/mol. The first-order chi connectivity index (χ1) is 8.03. The second-order valence-electron chi connectivity index (χ2n) is 4.63. The van der Waals surface area contributed by atoms with Gasteiger partial charge in [-0.3, -0.25) is 14.7 Å². The summed E-state index contributed by atoms with van der Waals surface area (Å²) in [5, 5.41) is 15.4. The summed E-state index contributed by atoms with van der Waals surface area (Å²) in [5.74, 6) is -0.902. The summed E-state index contributed by atoms with van der Waals surface area (Å²) < 4.78 is 0. The Morgan fingerprint density at radius 1 is 1.47 bits per heavy atom. The number of piperidine rings is 1. The first-order valence-electron chi connectivity index (χ1n) is 5.55. The third-order valence-electron chi connectivity index (χ3n) is 3.40. The third kappa shape index (κ3) is 2.15. The van der Waals surface area contributed by atoms with Crippen molar-refractivity contribution in [2.45, 2.75) is 19.8 Å². The molecule has 0 bridgehead atoms. The number of carboxylic acids is 1. The minimum atomic E-state index is -0.786. The zero-order valence-electron chi connectivity index (χ0n) is 9.64. The normalized spacial score (nSPS) is 19.0. The van der Waals surface area contributed by atoms with Crippen LogP contribution in [0.3, 0.4) is 0 Å². The summed E-state index contributed by atoms with van der Waals surface area (Å²) in [6.45, 7) is 2.68. The molecule has 2 N–H and O–H groups in total. The number of carboxylic acid groups (broad SMARTS) is 1. The van der Waals surface area contributed by atoms with Crippen LogP contribution in [0.5, 0.6) is 0 Å². The number of amides is 1. The highest BCUT2D eigenvalue weighted by molar-refractivity contribution is 5.92. The van der Waals surface area contributed by atoms with E-state index >= 15 is 0 Å². The molecule has 0 atom stereocenters. The molecule has 92 valence electrons. The van der Waals surface area contributed by atoms with Crippen molar-refractivity contribution in [1.82, 2.24) is 15.1 Å². The molecule has 0 radical (unpaired) electrons. The molecule has 1 amide bonds. The van der Waals surface area contributed by atoms with Gasteiger partial charge in [0.1, 0.15) is 5.69 Å². The zero-order chi connectivity index (χ0) is 12.5. The number of aliphatic carboxylic acids is 1. The number of carbonyl (C=O) groups excluding carboxylic acids is 1. The molecule has 6 nitrogen and oxygen atoms in total. The number of nitrogens with one attached hydrogen (secondary N) is 1. The molecule has 2 heterocycles. The van der Waals surface area contributed by atoms with E-state index in [-0.39, 0.29) is 5.91 Å². The fourth-order valence-electron chi connectivity index (χ4n) is 1.96. The Bertz CT molecular complexity index is 419. The number of aromatic amines is 1. The van der Waals surface area contributed by atoms with Crippen LogP contribution >= 0.6 is 0 Å². The van der Waals surface area contributed by atoms with Gasteiger partial charge in [0.25, 0.3) is 5.91 Å². The van der Waals surface area contributed by atoms with Crippen LogP contribution in [0.25, 0.3) is 0 Å². The SMILES string of the molecule is CC1(C(=O)O)CCN(C(=O)c2ccn[nH]2)CC1. The Morgan fingerprint density at radius 3 is 2.59 bits per heavy atom. The van der Waals surface area contributed by atoms with Crippen molar-refractivity contribution in [1.29, 1.82) is 0 Å². The number of likely N-dealkylation sites (tertiary alicyclic amines) is 1. The lowest BCUT2D eigenvalue weighted by Crippen LogP contribution is -2.45. The van der Waals surface area contributed by atoms with Crippen LogP contribution < -0.4 is 0 Å². The van der Waals surface area contributed by atoms with E-state index in [1.54, 1.807) is 17.9 Å². The van der Waals surface area contributed by atoms with Gasteiger partial charge in [-0.15, -0.1) is 0 Å². The van der Waals surface area contributed by atoms with E-state index in [0.29, 0.717) is 31.6 Å². The maximum atomic E-state index is 11.9. The maximum absolute atomic E-state index is 11.9. The van der Waals surface area contributed by atoms with Crippen molar-refractivity contribution >= 4 is 11.9 Å². The summed E-state index contributed by atoms with van der Waals surface area (Å²) in [5.41, 5.74) is -0.256. The van der Waals surface area contributed by atoms with E-state index in [4.69, 9.17) is 5.11 Å². The monoisotopic (exact) mass is 237 g/mol. The summed E-state index contributed by atoms with van der Waals surface area (Å²) in [6, 6.07) is 1.62. The fraction of sp³-hybridized carbons (Fsp3) is 0.545. The van der Waals surface area contributed by atoms with E-state index in [2.05, 4.69) is 10.2 Å². The number of hydrogen-bond donors (Lipinski definition) is 2. The third-order valence-corrected chi connectivity index (χ3v) is 3.40. The molecule has 2 rings (SSSR count). The second kappa shape index (κ2) is 4.20. The zero-order valence-corrected chi connectivity index (χ0v) is 9.64. The second-order valence-corrected chi connectivity index (χ2v) is 4.63. The standard InChI is InChI=1S/C11H15N3O3/c1-11(10(16)17)3-6-14(7-4-11)9(15)8-2-5-12-13-8/h2,5H,3-4,6-7H2,1H3,(H,12,13)(H,16,17). The van der Waals surface area contributed by atoms with Gasteiger partial charge in [0.05, 0.1) is 5.41 Å². The molecule has 1 aromatic rings. The maximum Gasteiger partial charge on any atom is 0.309 e. The Hall–Kier alpha value is -1.85. The molecule has 1 aliphatic rings. The smallest absolute Gasteiger partial charge is 0.309 e. The van der Waals surface area contributed by atoms with Crippen LogP contribution in [-0.2, 0) is 4.79 Å². The molecule has 0 spiro atoms. The van der Waals surface area contributed by atoms with Crippen LogP contribution in [0.2, 0.25) is 0 Å². The molecule has 1 saturated heterocycles. The van der Waals surface area contributed by atoms with Gasteiger partial charge < -0.3 is 10.0 Å². The Kier molecular flexibility index (Phi) is 2.87. The first-order valence-corrected chi connectivity index (χ1v) is 5.55. The summed E-state index contributed by atoms with van der Waals surface area (Å²) in [7, 11) is 0. The average Bonchev–Trinajstić information content (AvgIpc) is 2.82. The van der Waals surface area contributed by atoms with Crippen molar-refractivity contribution in [3.05, 3.63) is 18.0 Å². The number of hydrogen-bond acceptors (Lipinski definition) is 3. The molecular formula is C11H15N3O3. The molecule has 1 aliphatic heterocycles. The summed E-state index contributed by atoms with van der Waals surface area (Å²) in [4.78, 5) is 24.7. The van der Waals surface area contributed by atoms with E-state index in [0.717, 1.165) is 0 Å². The molecule has 17 heavy (non-hydrogen) atoms. The quantitative estimate of drug-likeness (QED) is 0.794. The van der Waals surface area contributed by atoms with Crippen LogP contribution in [0, 0.1) is 5.41 Å². The predicted octanol–water partition coefficient (Wildman–Crippen LogP) is 0.737. The molecule has 0 saturated carbocycles. The molecule has 0 unspecified atom stereocenters. The van der Waals surface area contributed by atoms with Gasteiger partial charge in [-0.1, -0.05) is 0 Å². The highest BCUT2D eigenvalue weighted by Crippen LogP contribution is 2.31. The Balaban J connectivity index is 2.00. The van der Waals surface area contributed by atoms with Gasteiger partial charge in [0, 0.05) is 19.3 Å². The lowest BCUT2D eigenvalue weighted by Gasteiger charge is -2.36. The van der Waals surface area contributed by atoms with E-state index in [9.17, 15) is 9.59 Å². The fourth-order valence-corrected chi connectivity index (χ4v) is 1.96. The Morgan fingerprint density at radius 2 is 2.12 bits per heavy atom. The van der Waals surface area contributed by atoms with Crippen molar-refractivity contribution in [3.8, 4) is 0 Å². The van der Waals surface area contributed by atoms with Crippen LogP contribution in [0.1, 0.15) is 30.3 Å². The largest absolute Gasteiger partial charge is 0.481 e. The molecular weight excluding hydrogens is 222 g/mol. The summed E-state index contributed by atoms with van der Waals surface area (Å²) in [6.07, 6.45) is 2.50. The number of carbonyl (C=O) groups is 2.